The Morgan fingerprint density at radius 1 is 1.10 bits per heavy atom. The Bertz CT molecular complexity index is 466. The van der Waals surface area contributed by atoms with Gasteiger partial charge >= 0.3 is 0 Å². The Kier molecular flexibility index (Phi) is 7.93. The summed E-state index contributed by atoms with van der Waals surface area (Å²) < 4.78 is 0. The van der Waals surface area contributed by atoms with Crippen molar-refractivity contribution in [3.8, 4) is 0 Å². The molecule has 0 radical (unpaired) electrons. The Balaban J connectivity index is 2.67. The van der Waals surface area contributed by atoms with Gasteiger partial charge in [-0.25, -0.2) is 0 Å². The van der Waals surface area contributed by atoms with Crippen molar-refractivity contribution in [2.75, 3.05) is 32.7 Å². The van der Waals surface area contributed by atoms with Gasteiger partial charge in [-0.05, 0) is 39.0 Å². The van der Waals surface area contributed by atoms with E-state index in [1.54, 1.807) is 4.90 Å². The third kappa shape index (κ3) is 5.41. The van der Waals surface area contributed by atoms with Crippen molar-refractivity contribution in [1.82, 2.24) is 20.0 Å². The lowest BCUT2D eigenvalue weighted by Gasteiger charge is -2.23. The highest BCUT2D eigenvalue weighted by atomic mass is 35.5. The van der Waals surface area contributed by atoms with Gasteiger partial charge in [0.05, 0.1) is 5.56 Å². The van der Waals surface area contributed by atoms with Gasteiger partial charge in [-0.1, -0.05) is 37.0 Å². The van der Waals surface area contributed by atoms with Crippen molar-refractivity contribution in [1.29, 1.82) is 0 Å². The van der Waals surface area contributed by atoms with E-state index in [2.05, 4.69) is 28.9 Å². The van der Waals surface area contributed by atoms with Crippen molar-refractivity contribution in [3.63, 3.8) is 0 Å². The fraction of sp³-hybridized carbons (Fsp3) is 0.643. The van der Waals surface area contributed by atoms with E-state index in [0.717, 1.165) is 26.1 Å². The zero-order chi connectivity index (χ0) is 15.8. The molecular weight excluding hydrogens is 311 g/mol. The summed E-state index contributed by atoms with van der Waals surface area (Å²) in [6.07, 6.45) is 0.922. The van der Waals surface area contributed by atoms with Gasteiger partial charge in [0.25, 0.3) is 5.91 Å². The molecule has 118 valence electrons. The summed E-state index contributed by atoms with van der Waals surface area (Å²) in [4.78, 5) is 16.5. The second-order valence-corrected chi connectivity index (χ2v) is 5.38. The summed E-state index contributed by atoms with van der Waals surface area (Å²) in [6.45, 7) is 10.5. The second kappa shape index (κ2) is 9.18. The van der Waals surface area contributed by atoms with E-state index in [1.165, 1.54) is 6.07 Å². The lowest BCUT2D eigenvalue weighted by Crippen LogP contribution is -2.34. The molecule has 0 saturated heterocycles. The minimum atomic E-state index is -0.154. The second-order valence-electron chi connectivity index (χ2n) is 4.64. The average molecular weight is 333 g/mol. The summed E-state index contributed by atoms with van der Waals surface area (Å²) >= 11 is 11.7. The number of carbonyl (C=O) groups excluding carboxylic acids is 1. The third-order valence-corrected chi connectivity index (χ3v) is 3.88. The van der Waals surface area contributed by atoms with E-state index in [4.69, 9.17) is 23.2 Å². The normalized spacial score (nSPS) is 11.0. The highest BCUT2D eigenvalue weighted by Gasteiger charge is 2.19. The lowest BCUT2D eigenvalue weighted by molar-refractivity contribution is 0.0757. The molecule has 5 nitrogen and oxygen atoms in total. The molecule has 0 aliphatic carbocycles. The standard InChI is InChI=1S/C14H22Cl2N4O/c1-4-19(5-2)8-7-9-20(6-3)14(21)11-10-12(15)17-18-13(11)16/h10H,4-9H2,1-3H3. The van der Waals surface area contributed by atoms with Gasteiger partial charge in [0.15, 0.2) is 10.3 Å². The first-order valence-electron chi connectivity index (χ1n) is 7.23. The molecule has 7 heteroatoms. The van der Waals surface area contributed by atoms with Crippen LogP contribution < -0.4 is 0 Å². The molecular formula is C14H22Cl2N4O. The summed E-state index contributed by atoms with van der Waals surface area (Å²) in [5.41, 5.74) is 0.307. The van der Waals surface area contributed by atoms with Gasteiger partial charge in [0, 0.05) is 13.1 Å². The average Bonchev–Trinajstić information content (AvgIpc) is 2.49. The van der Waals surface area contributed by atoms with Crippen molar-refractivity contribution in [2.45, 2.75) is 27.2 Å². The SMILES string of the molecule is CCN(CC)CCCN(CC)C(=O)c1cc(Cl)nnc1Cl. The maximum absolute atomic E-state index is 12.5. The van der Waals surface area contributed by atoms with Crippen molar-refractivity contribution in [2.24, 2.45) is 0 Å². The number of hydrogen-bond donors (Lipinski definition) is 0. The zero-order valence-corrected chi connectivity index (χ0v) is 14.3. The predicted octanol–water partition coefficient (Wildman–Crippen LogP) is 2.98. The molecule has 0 aromatic carbocycles. The van der Waals surface area contributed by atoms with E-state index in [0.29, 0.717) is 18.7 Å². The molecule has 0 aliphatic heterocycles. The van der Waals surface area contributed by atoms with Crippen molar-refractivity contribution < 1.29 is 4.79 Å². The molecule has 0 spiro atoms. The number of amides is 1. The smallest absolute Gasteiger partial charge is 0.257 e. The molecule has 21 heavy (non-hydrogen) atoms. The van der Waals surface area contributed by atoms with Gasteiger partial charge < -0.3 is 9.80 Å². The van der Waals surface area contributed by atoms with E-state index < -0.39 is 0 Å². The van der Waals surface area contributed by atoms with Crippen LogP contribution in [0, 0.1) is 0 Å². The zero-order valence-electron chi connectivity index (χ0n) is 12.8. The van der Waals surface area contributed by atoms with E-state index >= 15 is 0 Å². The maximum Gasteiger partial charge on any atom is 0.257 e. The van der Waals surface area contributed by atoms with E-state index in [-0.39, 0.29) is 16.2 Å². The van der Waals surface area contributed by atoms with Crippen LogP contribution >= 0.6 is 23.2 Å². The number of aromatic nitrogens is 2. The Labute approximate surface area is 136 Å². The minimum absolute atomic E-state index is 0.0894. The first-order valence-corrected chi connectivity index (χ1v) is 7.99. The minimum Gasteiger partial charge on any atom is -0.339 e. The summed E-state index contributed by atoms with van der Waals surface area (Å²) in [6, 6.07) is 1.46. The third-order valence-electron chi connectivity index (χ3n) is 3.42. The first-order chi connectivity index (χ1) is 10.0. The Morgan fingerprint density at radius 3 is 2.33 bits per heavy atom. The largest absolute Gasteiger partial charge is 0.339 e. The quantitative estimate of drug-likeness (QED) is 0.734. The lowest BCUT2D eigenvalue weighted by atomic mass is 10.2. The van der Waals surface area contributed by atoms with Crippen LogP contribution in [0.25, 0.3) is 0 Å². The summed E-state index contributed by atoms with van der Waals surface area (Å²) in [5.74, 6) is -0.154. The van der Waals surface area contributed by atoms with Crippen LogP contribution in [-0.2, 0) is 0 Å². The molecule has 0 aliphatic rings. The van der Waals surface area contributed by atoms with Crippen LogP contribution in [0.5, 0.6) is 0 Å². The molecule has 0 N–H and O–H groups in total. The number of nitrogens with zero attached hydrogens (tertiary/aromatic N) is 4. The van der Waals surface area contributed by atoms with Gasteiger partial charge in [-0.15, -0.1) is 10.2 Å². The van der Waals surface area contributed by atoms with Gasteiger partial charge in [0.2, 0.25) is 0 Å². The summed E-state index contributed by atoms with van der Waals surface area (Å²) in [7, 11) is 0. The fourth-order valence-corrected chi connectivity index (χ4v) is 2.42. The van der Waals surface area contributed by atoms with E-state index in [1.807, 2.05) is 6.92 Å². The molecule has 1 aromatic rings. The topological polar surface area (TPSA) is 49.3 Å². The van der Waals surface area contributed by atoms with Crippen LogP contribution in [0.15, 0.2) is 6.07 Å². The van der Waals surface area contributed by atoms with Crippen molar-refractivity contribution >= 4 is 29.1 Å². The molecule has 0 unspecified atom stereocenters. The van der Waals surface area contributed by atoms with E-state index in [9.17, 15) is 4.79 Å². The maximum atomic E-state index is 12.5. The highest BCUT2D eigenvalue weighted by Crippen LogP contribution is 2.17. The molecule has 0 fully saturated rings. The number of carbonyl (C=O) groups is 1. The van der Waals surface area contributed by atoms with Gasteiger partial charge in [0.1, 0.15) is 0 Å². The summed E-state index contributed by atoms with van der Waals surface area (Å²) in [5, 5.41) is 7.56. The molecule has 0 atom stereocenters. The number of rotatable bonds is 8. The molecule has 1 heterocycles. The number of halogens is 2. The molecule has 1 rings (SSSR count). The predicted molar refractivity (Wildman–Crippen MR) is 86.0 cm³/mol. The highest BCUT2D eigenvalue weighted by molar-refractivity contribution is 6.34. The van der Waals surface area contributed by atoms with Crippen molar-refractivity contribution in [3.05, 3.63) is 21.9 Å². The molecule has 0 bridgehead atoms. The Hall–Kier alpha value is -0.910. The van der Waals surface area contributed by atoms with Crippen LogP contribution in [0.4, 0.5) is 0 Å². The Morgan fingerprint density at radius 2 is 1.76 bits per heavy atom. The first kappa shape index (κ1) is 18.1. The number of hydrogen-bond acceptors (Lipinski definition) is 4. The van der Waals surface area contributed by atoms with Gasteiger partial charge in [-0.3, -0.25) is 4.79 Å². The van der Waals surface area contributed by atoms with Crippen LogP contribution in [0.3, 0.4) is 0 Å². The van der Waals surface area contributed by atoms with Crippen LogP contribution in [0.2, 0.25) is 10.3 Å². The van der Waals surface area contributed by atoms with Crippen LogP contribution in [0.1, 0.15) is 37.6 Å². The van der Waals surface area contributed by atoms with Crippen LogP contribution in [-0.4, -0.2) is 58.6 Å². The molecule has 1 aromatic heterocycles. The molecule has 0 saturated carbocycles. The molecule has 1 amide bonds. The fourth-order valence-electron chi connectivity index (χ4n) is 2.10. The van der Waals surface area contributed by atoms with Gasteiger partial charge in [-0.2, -0.15) is 0 Å². The monoisotopic (exact) mass is 332 g/mol.